The molecule has 1 N–H and O–H groups in total. The number of nitrogens with one attached hydrogen (secondary N) is 1. The summed E-state index contributed by atoms with van der Waals surface area (Å²) in [5.74, 6) is 0.904. The fourth-order valence-corrected chi connectivity index (χ4v) is 3.80. The molecule has 2 unspecified atom stereocenters. The lowest BCUT2D eigenvalue weighted by Crippen LogP contribution is -2.50. The zero-order valence-electron chi connectivity index (χ0n) is 11.7. The van der Waals surface area contributed by atoms with Gasteiger partial charge in [0.25, 0.3) is 0 Å². The SMILES string of the molecule is CCNC1CC2CCC(C1)N2CCOCC1CC1. The van der Waals surface area contributed by atoms with E-state index in [0.717, 1.165) is 43.8 Å². The molecule has 2 heterocycles. The number of hydrogen-bond acceptors (Lipinski definition) is 3. The second-order valence-corrected chi connectivity index (χ2v) is 6.37. The number of nitrogens with zero attached hydrogens (tertiary/aromatic N) is 1. The molecule has 0 radical (unpaired) electrons. The van der Waals surface area contributed by atoms with Crippen LogP contribution in [0, 0.1) is 5.92 Å². The molecule has 2 atom stereocenters. The lowest BCUT2D eigenvalue weighted by molar-refractivity contribution is 0.0554. The maximum atomic E-state index is 5.80. The number of rotatable bonds is 7. The van der Waals surface area contributed by atoms with Crippen molar-refractivity contribution in [1.82, 2.24) is 10.2 Å². The van der Waals surface area contributed by atoms with E-state index in [4.69, 9.17) is 4.74 Å². The van der Waals surface area contributed by atoms with Gasteiger partial charge in [-0.3, -0.25) is 4.90 Å². The van der Waals surface area contributed by atoms with Gasteiger partial charge < -0.3 is 10.1 Å². The van der Waals surface area contributed by atoms with Crippen molar-refractivity contribution in [2.75, 3.05) is 26.3 Å². The second-order valence-electron chi connectivity index (χ2n) is 6.37. The highest BCUT2D eigenvalue weighted by Crippen LogP contribution is 2.35. The summed E-state index contributed by atoms with van der Waals surface area (Å²) in [4.78, 5) is 2.74. The molecule has 2 aliphatic heterocycles. The number of fused-ring (bicyclic) bond motifs is 2. The van der Waals surface area contributed by atoms with Gasteiger partial charge in [-0.05, 0) is 51.0 Å². The van der Waals surface area contributed by atoms with Gasteiger partial charge in [-0.1, -0.05) is 6.92 Å². The van der Waals surface area contributed by atoms with Crippen LogP contribution in [0.15, 0.2) is 0 Å². The average molecular weight is 252 g/mol. The molecule has 3 heteroatoms. The summed E-state index contributed by atoms with van der Waals surface area (Å²) < 4.78 is 5.80. The Morgan fingerprint density at radius 1 is 1.11 bits per heavy atom. The van der Waals surface area contributed by atoms with Crippen LogP contribution >= 0.6 is 0 Å². The average Bonchev–Trinajstić information content (AvgIpc) is 3.14. The highest BCUT2D eigenvalue weighted by atomic mass is 16.5. The van der Waals surface area contributed by atoms with Crippen molar-refractivity contribution in [2.24, 2.45) is 5.92 Å². The third kappa shape index (κ3) is 3.06. The van der Waals surface area contributed by atoms with E-state index in [1.807, 2.05) is 0 Å². The Kier molecular flexibility index (Phi) is 4.22. The predicted octanol–water partition coefficient (Wildman–Crippen LogP) is 2.02. The molecule has 3 aliphatic rings. The molecule has 3 fully saturated rings. The van der Waals surface area contributed by atoms with E-state index in [1.165, 1.54) is 45.1 Å². The van der Waals surface area contributed by atoms with E-state index in [-0.39, 0.29) is 0 Å². The van der Waals surface area contributed by atoms with E-state index in [1.54, 1.807) is 0 Å². The summed E-state index contributed by atoms with van der Waals surface area (Å²) in [6.07, 6.45) is 8.34. The van der Waals surface area contributed by atoms with E-state index >= 15 is 0 Å². The summed E-state index contributed by atoms with van der Waals surface area (Å²) in [5, 5.41) is 3.64. The molecule has 0 amide bonds. The van der Waals surface area contributed by atoms with Gasteiger partial charge in [0.2, 0.25) is 0 Å². The molecular weight excluding hydrogens is 224 g/mol. The quantitative estimate of drug-likeness (QED) is 0.702. The first-order valence-electron chi connectivity index (χ1n) is 7.93. The molecule has 1 aliphatic carbocycles. The highest BCUT2D eigenvalue weighted by Gasteiger charge is 2.39. The Labute approximate surface area is 111 Å². The zero-order chi connectivity index (χ0) is 12.4. The van der Waals surface area contributed by atoms with Crippen LogP contribution in [0.5, 0.6) is 0 Å². The summed E-state index contributed by atoms with van der Waals surface area (Å²) in [6.45, 7) is 6.48. The monoisotopic (exact) mass is 252 g/mol. The van der Waals surface area contributed by atoms with Crippen LogP contribution in [0.2, 0.25) is 0 Å². The lowest BCUT2D eigenvalue weighted by Gasteiger charge is -2.39. The summed E-state index contributed by atoms with van der Waals surface area (Å²) in [5.41, 5.74) is 0. The fraction of sp³-hybridized carbons (Fsp3) is 1.00. The molecule has 2 bridgehead atoms. The highest BCUT2D eigenvalue weighted by molar-refractivity contribution is 4.97. The van der Waals surface area contributed by atoms with E-state index in [9.17, 15) is 0 Å². The van der Waals surface area contributed by atoms with Gasteiger partial charge in [-0.2, -0.15) is 0 Å². The first-order chi connectivity index (χ1) is 8.86. The van der Waals surface area contributed by atoms with Gasteiger partial charge in [0.1, 0.15) is 0 Å². The topological polar surface area (TPSA) is 24.5 Å². The van der Waals surface area contributed by atoms with E-state index in [0.29, 0.717) is 0 Å². The molecule has 18 heavy (non-hydrogen) atoms. The third-order valence-electron chi connectivity index (χ3n) is 4.92. The zero-order valence-corrected chi connectivity index (χ0v) is 11.7. The lowest BCUT2D eigenvalue weighted by atomic mass is 9.97. The first-order valence-corrected chi connectivity index (χ1v) is 7.93. The van der Waals surface area contributed by atoms with Crippen molar-refractivity contribution < 1.29 is 4.74 Å². The maximum absolute atomic E-state index is 5.80. The Morgan fingerprint density at radius 2 is 1.83 bits per heavy atom. The normalized spacial score (nSPS) is 36.2. The molecule has 3 rings (SSSR count). The molecule has 104 valence electrons. The standard InChI is InChI=1S/C15H28N2O/c1-2-16-13-9-14-5-6-15(10-13)17(14)7-8-18-11-12-3-4-12/h12-16H,2-11H2,1H3. The molecular formula is C15H28N2O. The van der Waals surface area contributed by atoms with Crippen molar-refractivity contribution in [3.8, 4) is 0 Å². The molecule has 1 saturated carbocycles. The van der Waals surface area contributed by atoms with Crippen LogP contribution in [0.4, 0.5) is 0 Å². The van der Waals surface area contributed by atoms with Crippen LogP contribution in [-0.4, -0.2) is 49.3 Å². The number of piperidine rings is 1. The summed E-state index contributed by atoms with van der Waals surface area (Å²) in [7, 11) is 0. The van der Waals surface area contributed by atoms with Gasteiger partial charge in [-0.15, -0.1) is 0 Å². The molecule has 0 aromatic carbocycles. The van der Waals surface area contributed by atoms with Crippen LogP contribution in [0.3, 0.4) is 0 Å². The van der Waals surface area contributed by atoms with Crippen molar-refractivity contribution >= 4 is 0 Å². The Bertz CT molecular complexity index is 253. The van der Waals surface area contributed by atoms with E-state index in [2.05, 4.69) is 17.1 Å². The maximum Gasteiger partial charge on any atom is 0.0593 e. The van der Waals surface area contributed by atoms with Crippen molar-refractivity contribution in [3.63, 3.8) is 0 Å². The fourth-order valence-electron chi connectivity index (χ4n) is 3.80. The second kappa shape index (κ2) is 5.89. The van der Waals surface area contributed by atoms with Crippen LogP contribution < -0.4 is 5.32 Å². The van der Waals surface area contributed by atoms with Gasteiger partial charge in [0.05, 0.1) is 6.61 Å². The van der Waals surface area contributed by atoms with Gasteiger partial charge in [0, 0.05) is 31.3 Å². The minimum absolute atomic E-state index is 0.774. The van der Waals surface area contributed by atoms with Crippen LogP contribution in [-0.2, 0) is 4.74 Å². The molecule has 3 nitrogen and oxygen atoms in total. The summed E-state index contributed by atoms with van der Waals surface area (Å²) in [6, 6.07) is 2.44. The number of ether oxygens (including phenoxy) is 1. The largest absolute Gasteiger partial charge is 0.380 e. The van der Waals surface area contributed by atoms with Crippen molar-refractivity contribution in [3.05, 3.63) is 0 Å². The summed E-state index contributed by atoms with van der Waals surface area (Å²) >= 11 is 0. The van der Waals surface area contributed by atoms with Crippen LogP contribution in [0.25, 0.3) is 0 Å². The first kappa shape index (κ1) is 12.9. The minimum atomic E-state index is 0.774. The molecule has 2 saturated heterocycles. The Balaban J connectivity index is 1.40. The smallest absolute Gasteiger partial charge is 0.0593 e. The van der Waals surface area contributed by atoms with Crippen molar-refractivity contribution in [1.29, 1.82) is 0 Å². The van der Waals surface area contributed by atoms with Gasteiger partial charge >= 0.3 is 0 Å². The third-order valence-corrected chi connectivity index (χ3v) is 4.92. The Morgan fingerprint density at radius 3 is 2.44 bits per heavy atom. The molecule has 0 spiro atoms. The number of hydrogen-bond donors (Lipinski definition) is 1. The predicted molar refractivity (Wildman–Crippen MR) is 73.8 cm³/mol. The minimum Gasteiger partial charge on any atom is -0.380 e. The van der Waals surface area contributed by atoms with E-state index < -0.39 is 0 Å². The van der Waals surface area contributed by atoms with Crippen molar-refractivity contribution in [2.45, 2.75) is 63.6 Å². The Hall–Kier alpha value is -0.120. The molecule has 0 aromatic rings. The molecule has 0 aromatic heterocycles. The van der Waals surface area contributed by atoms with Gasteiger partial charge in [0.15, 0.2) is 0 Å². The van der Waals surface area contributed by atoms with Crippen LogP contribution in [0.1, 0.15) is 45.4 Å². The van der Waals surface area contributed by atoms with Gasteiger partial charge in [-0.25, -0.2) is 0 Å².